The number of amides is 2. The third kappa shape index (κ3) is 4.79. The molecule has 1 fully saturated rings. The maximum Gasteiger partial charge on any atom is 0.253 e. The molecule has 158 valence electrons. The van der Waals surface area contributed by atoms with Gasteiger partial charge in [0.15, 0.2) is 0 Å². The third-order valence-electron chi connectivity index (χ3n) is 5.69. The van der Waals surface area contributed by atoms with Crippen LogP contribution < -0.4 is 5.32 Å². The molecular formula is C25H24FN3O2. The Morgan fingerprint density at radius 2 is 1.87 bits per heavy atom. The SMILES string of the molecule is Cc1ccc(C(=O)N2CC(C(=O)NCc3ccccn3)C(c3cccc(F)c3)C2)cc1. The van der Waals surface area contributed by atoms with Gasteiger partial charge in [-0.05, 0) is 48.9 Å². The van der Waals surface area contributed by atoms with Crippen LogP contribution in [0.25, 0.3) is 0 Å². The molecule has 4 rings (SSSR count). The number of carbonyl (C=O) groups excluding carboxylic acids is 2. The van der Waals surface area contributed by atoms with Crippen LogP contribution in [0, 0.1) is 18.7 Å². The average Bonchev–Trinajstić information content (AvgIpc) is 3.24. The third-order valence-corrected chi connectivity index (χ3v) is 5.69. The standard InChI is InChI=1S/C25H24FN3O2/c1-17-8-10-18(11-9-17)25(31)29-15-22(19-5-4-6-20(26)13-19)23(16-29)24(30)28-14-21-7-2-3-12-27-21/h2-13,22-23H,14-16H2,1H3,(H,28,30). The second-order valence-corrected chi connectivity index (χ2v) is 7.88. The summed E-state index contributed by atoms with van der Waals surface area (Å²) in [5.74, 6) is -1.40. The van der Waals surface area contributed by atoms with Gasteiger partial charge in [-0.25, -0.2) is 4.39 Å². The Morgan fingerprint density at radius 3 is 2.58 bits per heavy atom. The lowest BCUT2D eigenvalue weighted by molar-refractivity contribution is -0.125. The Balaban J connectivity index is 1.55. The van der Waals surface area contributed by atoms with E-state index in [0.717, 1.165) is 16.8 Å². The number of aryl methyl sites for hydroxylation is 1. The van der Waals surface area contributed by atoms with Crippen LogP contribution in [0.4, 0.5) is 4.39 Å². The lowest BCUT2D eigenvalue weighted by atomic mass is 9.88. The number of likely N-dealkylation sites (tertiary alicyclic amines) is 1. The van der Waals surface area contributed by atoms with Gasteiger partial charge in [0.25, 0.3) is 5.91 Å². The van der Waals surface area contributed by atoms with Crippen molar-refractivity contribution < 1.29 is 14.0 Å². The van der Waals surface area contributed by atoms with Crippen molar-refractivity contribution in [2.45, 2.75) is 19.4 Å². The zero-order valence-corrected chi connectivity index (χ0v) is 17.3. The number of aromatic nitrogens is 1. The number of rotatable bonds is 5. The predicted octanol–water partition coefficient (Wildman–Crippen LogP) is 3.70. The predicted molar refractivity (Wildman–Crippen MR) is 116 cm³/mol. The lowest BCUT2D eigenvalue weighted by Gasteiger charge is -2.18. The molecule has 0 radical (unpaired) electrons. The highest BCUT2D eigenvalue weighted by Gasteiger charge is 2.40. The Bertz CT molecular complexity index is 1070. The molecule has 1 saturated heterocycles. The van der Waals surface area contributed by atoms with Gasteiger partial charge in [-0.3, -0.25) is 14.6 Å². The number of hydrogen-bond donors (Lipinski definition) is 1. The maximum atomic E-state index is 13.9. The number of pyridine rings is 1. The molecule has 1 aliphatic rings. The number of nitrogens with one attached hydrogen (secondary N) is 1. The topological polar surface area (TPSA) is 62.3 Å². The molecule has 2 atom stereocenters. The van der Waals surface area contributed by atoms with Crippen LogP contribution in [0.5, 0.6) is 0 Å². The number of benzene rings is 2. The smallest absolute Gasteiger partial charge is 0.253 e. The largest absolute Gasteiger partial charge is 0.350 e. The molecule has 1 aromatic heterocycles. The molecule has 3 aromatic rings. The van der Waals surface area contributed by atoms with Gasteiger partial charge in [0.1, 0.15) is 5.82 Å². The van der Waals surface area contributed by atoms with Crippen LogP contribution >= 0.6 is 0 Å². The van der Waals surface area contributed by atoms with Crippen LogP contribution in [0.2, 0.25) is 0 Å². The minimum Gasteiger partial charge on any atom is -0.350 e. The summed E-state index contributed by atoms with van der Waals surface area (Å²) in [7, 11) is 0. The Labute approximate surface area is 180 Å². The van der Waals surface area contributed by atoms with E-state index in [1.54, 1.807) is 29.3 Å². The van der Waals surface area contributed by atoms with Crippen molar-refractivity contribution in [1.82, 2.24) is 15.2 Å². The van der Waals surface area contributed by atoms with E-state index in [1.807, 2.05) is 43.3 Å². The zero-order valence-electron chi connectivity index (χ0n) is 17.3. The van der Waals surface area contributed by atoms with Crippen molar-refractivity contribution in [3.8, 4) is 0 Å². The van der Waals surface area contributed by atoms with Crippen LogP contribution in [-0.2, 0) is 11.3 Å². The van der Waals surface area contributed by atoms with Gasteiger partial charge < -0.3 is 10.2 Å². The van der Waals surface area contributed by atoms with Crippen molar-refractivity contribution in [2.75, 3.05) is 13.1 Å². The monoisotopic (exact) mass is 417 g/mol. The van der Waals surface area contributed by atoms with Gasteiger partial charge in [0.05, 0.1) is 18.2 Å². The molecule has 0 aliphatic carbocycles. The normalized spacial score (nSPS) is 18.1. The summed E-state index contributed by atoms with van der Waals surface area (Å²) >= 11 is 0. The molecule has 31 heavy (non-hydrogen) atoms. The Morgan fingerprint density at radius 1 is 1.06 bits per heavy atom. The van der Waals surface area contributed by atoms with E-state index in [9.17, 15) is 14.0 Å². The number of halogens is 1. The molecular weight excluding hydrogens is 393 g/mol. The molecule has 0 saturated carbocycles. The maximum absolute atomic E-state index is 13.9. The molecule has 2 heterocycles. The summed E-state index contributed by atoms with van der Waals surface area (Å²) in [6.07, 6.45) is 1.68. The highest BCUT2D eigenvalue weighted by Crippen LogP contribution is 2.34. The molecule has 1 aliphatic heterocycles. The number of carbonyl (C=O) groups is 2. The van der Waals surface area contributed by atoms with Crippen molar-refractivity contribution >= 4 is 11.8 Å². The summed E-state index contributed by atoms with van der Waals surface area (Å²) in [5, 5.41) is 2.93. The van der Waals surface area contributed by atoms with E-state index < -0.39 is 5.92 Å². The average molecular weight is 417 g/mol. The number of nitrogens with zero attached hydrogens (tertiary/aromatic N) is 2. The first-order valence-electron chi connectivity index (χ1n) is 10.3. The summed E-state index contributed by atoms with van der Waals surface area (Å²) < 4.78 is 13.9. The zero-order chi connectivity index (χ0) is 21.8. The summed E-state index contributed by atoms with van der Waals surface area (Å²) in [6.45, 7) is 2.91. The first-order chi connectivity index (χ1) is 15.0. The van der Waals surface area contributed by atoms with E-state index in [4.69, 9.17) is 0 Å². The minimum absolute atomic E-state index is 0.124. The molecule has 0 bridgehead atoms. The quantitative estimate of drug-likeness (QED) is 0.689. The van der Waals surface area contributed by atoms with E-state index in [1.165, 1.54) is 12.1 Å². The van der Waals surface area contributed by atoms with Gasteiger partial charge in [0, 0.05) is 30.8 Å². The highest BCUT2D eigenvalue weighted by molar-refractivity contribution is 5.95. The summed E-state index contributed by atoms with van der Waals surface area (Å²) in [6, 6.07) is 19.2. The van der Waals surface area contributed by atoms with Gasteiger partial charge in [0.2, 0.25) is 5.91 Å². The van der Waals surface area contributed by atoms with Crippen molar-refractivity contribution in [3.05, 3.63) is 101 Å². The van der Waals surface area contributed by atoms with Crippen LogP contribution in [0.15, 0.2) is 72.9 Å². The molecule has 2 unspecified atom stereocenters. The molecule has 0 spiro atoms. The van der Waals surface area contributed by atoms with Gasteiger partial charge >= 0.3 is 0 Å². The van der Waals surface area contributed by atoms with Crippen molar-refractivity contribution in [2.24, 2.45) is 5.92 Å². The lowest BCUT2D eigenvalue weighted by Crippen LogP contribution is -2.35. The number of hydrogen-bond acceptors (Lipinski definition) is 3. The van der Waals surface area contributed by atoms with Crippen molar-refractivity contribution in [1.29, 1.82) is 0 Å². The first-order valence-corrected chi connectivity index (χ1v) is 10.3. The molecule has 6 heteroatoms. The molecule has 2 aromatic carbocycles. The highest BCUT2D eigenvalue weighted by atomic mass is 19.1. The van der Waals surface area contributed by atoms with Crippen molar-refractivity contribution in [3.63, 3.8) is 0 Å². The van der Waals surface area contributed by atoms with Crippen LogP contribution in [0.1, 0.15) is 33.1 Å². The van der Waals surface area contributed by atoms with Gasteiger partial charge in [-0.15, -0.1) is 0 Å². The van der Waals surface area contributed by atoms with Gasteiger partial charge in [-0.2, -0.15) is 0 Å². The molecule has 1 N–H and O–H groups in total. The Hall–Kier alpha value is -3.54. The van der Waals surface area contributed by atoms with Gasteiger partial charge in [-0.1, -0.05) is 35.9 Å². The minimum atomic E-state index is -0.472. The van der Waals surface area contributed by atoms with E-state index >= 15 is 0 Å². The Kier molecular flexibility index (Phi) is 6.07. The van der Waals surface area contributed by atoms with E-state index in [0.29, 0.717) is 18.7 Å². The second-order valence-electron chi connectivity index (χ2n) is 7.88. The molecule has 5 nitrogen and oxygen atoms in total. The first kappa shape index (κ1) is 20.7. The molecule has 2 amide bonds. The summed E-state index contributed by atoms with van der Waals surface area (Å²) in [5.41, 5.74) is 3.13. The fraction of sp³-hybridized carbons (Fsp3) is 0.240. The van der Waals surface area contributed by atoms with Crippen LogP contribution in [0.3, 0.4) is 0 Å². The van der Waals surface area contributed by atoms with Crippen LogP contribution in [-0.4, -0.2) is 34.8 Å². The summed E-state index contributed by atoms with van der Waals surface area (Å²) in [4.78, 5) is 32.0. The fourth-order valence-electron chi connectivity index (χ4n) is 4.00. The second kappa shape index (κ2) is 9.08. The fourth-order valence-corrected chi connectivity index (χ4v) is 4.00. The van der Waals surface area contributed by atoms with E-state index in [-0.39, 0.29) is 30.1 Å². The van der Waals surface area contributed by atoms with E-state index in [2.05, 4.69) is 10.3 Å².